The quantitative estimate of drug-likeness (QED) is 0.491. The molecule has 1 aliphatic rings. The molecule has 0 unspecified atom stereocenters. The molecule has 0 aliphatic carbocycles. The van der Waals surface area contributed by atoms with Gasteiger partial charge in [-0.1, -0.05) is 13.3 Å². The van der Waals surface area contributed by atoms with Crippen LogP contribution in [0.2, 0.25) is 0 Å². The highest BCUT2D eigenvalue weighted by Gasteiger charge is 2.27. The monoisotopic (exact) mass is 193 g/mol. The molecule has 3 atom stereocenters. The van der Waals surface area contributed by atoms with E-state index in [1.807, 2.05) is 0 Å². The summed E-state index contributed by atoms with van der Waals surface area (Å²) in [5.74, 6) is 0. The van der Waals surface area contributed by atoms with E-state index in [-0.39, 0.29) is 18.5 Å². The second-order valence-electron chi connectivity index (χ2n) is 3.75. The van der Waals surface area contributed by atoms with Crippen LogP contribution in [0.1, 0.15) is 39.5 Å². The van der Waals surface area contributed by atoms with Crippen molar-refractivity contribution >= 4 is 0 Å². The first-order chi connectivity index (χ1) is 5.24. The van der Waals surface area contributed by atoms with Gasteiger partial charge in [0.05, 0.1) is 6.04 Å². The Morgan fingerprint density at radius 3 is 2.58 bits per heavy atom. The normalized spacial score (nSPS) is 35.8. The first-order valence-corrected chi connectivity index (χ1v) is 4.77. The molecule has 0 aromatic heterocycles. The highest BCUT2D eigenvalue weighted by atomic mass is 35.5. The summed E-state index contributed by atoms with van der Waals surface area (Å²) in [6.07, 6.45) is 4.70. The number of aliphatic hydroxyl groups excluding tert-OH is 1. The average molecular weight is 194 g/mol. The Kier molecular flexibility index (Phi) is 5.89. The van der Waals surface area contributed by atoms with E-state index in [0.717, 1.165) is 12.5 Å². The smallest absolute Gasteiger partial charge is 0.109 e. The van der Waals surface area contributed by atoms with Crippen LogP contribution in [-0.4, -0.2) is 23.3 Å². The topological polar surface area (TPSA) is 36.8 Å². The third-order valence-corrected chi connectivity index (χ3v) is 2.68. The fraction of sp³-hybridized carbons (Fsp3) is 1.00. The molecule has 1 rings (SSSR count). The van der Waals surface area contributed by atoms with Crippen molar-refractivity contribution in [2.24, 2.45) is 0 Å². The number of hydrogen-bond donors (Lipinski definition) is 2. The van der Waals surface area contributed by atoms with Gasteiger partial charge in [0.15, 0.2) is 0 Å². The van der Waals surface area contributed by atoms with Crippen molar-refractivity contribution in [2.75, 3.05) is 0 Å². The van der Waals surface area contributed by atoms with Gasteiger partial charge in [-0.25, -0.2) is 0 Å². The van der Waals surface area contributed by atoms with Crippen LogP contribution < -0.4 is 17.7 Å². The summed E-state index contributed by atoms with van der Waals surface area (Å²) in [4.78, 5) is 0. The van der Waals surface area contributed by atoms with E-state index in [1.165, 1.54) is 19.3 Å². The number of aliphatic hydroxyl groups is 1. The second kappa shape index (κ2) is 5.79. The summed E-state index contributed by atoms with van der Waals surface area (Å²) in [7, 11) is 0. The first kappa shape index (κ1) is 12.2. The molecule has 12 heavy (non-hydrogen) atoms. The zero-order chi connectivity index (χ0) is 8.27. The lowest BCUT2D eigenvalue weighted by atomic mass is 9.94. The van der Waals surface area contributed by atoms with E-state index in [1.54, 1.807) is 0 Å². The zero-order valence-electron chi connectivity index (χ0n) is 7.96. The molecule has 0 radical (unpaired) electrons. The molecule has 3 heteroatoms. The molecule has 0 amide bonds. The van der Waals surface area contributed by atoms with Gasteiger partial charge in [0.2, 0.25) is 0 Å². The third-order valence-electron chi connectivity index (χ3n) is 2.68. The Balaban J connectivity index is 0.00000121. The third kappa shape index (κ3) is 3.30. The van der Waals surface area contributed by atoms with E-state index in [9.17, 15) is 5.11 Å². The lowest BCUT2D eigenvalue weighted by molar-refractivity contribution is -0.734. The van der Waals surface area contributed by atoms with Crippen LogP contribution in [0.15, 0.2) is 0 Å². The van der Waals surface area contributed by atoms with Crippen molar-refractivity contribution in [3.63, 3.8) is 0 Å². The van der Waals surface area contributed by atoms with Crippen molar-refractivity contribution in [1.82, 2.24) is 0 Å². The standard InChI is InChI=1S/C9H19NO.ClH/c1-3-4-8-5-6-9(11)7(2)10-8;/h7-11H,3-6H2,1-2H3;1H/t7-,8+,9-;/m0./s1. The van der Waals surface area contributed by atoms with Crippen molar-refractivity contribution in [3.05, 3.63) is 0 Å². The fourth-order valence-electron chi connectivity index (χ4n) is 1.91. The van der Waals surface area contributed by atoms with Gasteiger partial charge in [0.1, 0.15) is 12.1 Å². The summed E-state index contributed by atoms with van der Waals surface area (Å²) in [6.45, 7) is 4.34. The van der Waals surface area contributed by atoms with Gasteiger partial charge in [-0.2, -0.15) is 0 Å². The molecule has 0 saturated carbocycles. The molecule has 1 aliphatic heterocycles. The Labute approximate surface area is 81.2 Å². The second-order valence-corrected chi connectivity index (χ2v) is 3.75. The van der Waals surface area contributed by atoms with Crippen LogP contribution in [-0.2, 0) is 0 Å². The fourth-order valence-corrected chi connectivity index (χ4v) is 1.91. The number of rotatable bonds is 2. The van der Waals surface area contributed by atoms with E-state index in [4.69, 9.17) is 0 Å². The molecular weight excluding hydrogens is 174 g/mol. The predicted octanol–water partition coefficient (Wildman–Crippen LogP) is -2.73. The average Bonchev–Trinajstić information content (AvgIpc) is 1.98. The largest absolute Gasteiger partial charge is 1.00 e. The molecule has 74 valence electrons. The van der Waals surface area contributed by atoms with Gasteiger partial charge in [-0.15, -0.1) is 0 Å². The molecule has 1 saturated heterocycles. The highest BCUT2D eigenvalue weighted by molar-refractivity contribution is 4.70. The minimum atomic E-state index is -0.0666. The minimum absolute atomic E-state index is 0. The molecule has 3 N–H and O–H groups in total. The van der Waals surface area contributed by atoms with E-state index >= 15 is 0 Å². The van der Waals surface area contributed by atoms with Crippen molar-refractivity contribution in [3.8, 4) is 0 Å². The van der Waals surface area contributed by atoms with Crippen LogP contribution in [0.3, 0.4) is 0 Å². The van der Waals surface area contributed by atoms with Gasteiger partial charge < -0.3 is 22.8 Å². The minimum Gasteiger partial charge on any atom is -1.00 e. The molecule has 1 heterocycles. The maximum Gasteiger partial charge on any atom is 0.109 e. The molecule has 0 aromatic carbocycles. The lowest BCUT2D eigenvalue weighted by Gasteiger charge is -2.29. The summed E-state index contributed by atoms with van der Waals surface area (Å²) in [5.41, 5.74) is 0. The van der Waals surface area contributed by atoms with Crippen LogP contribution in [0.25, 0.3) is 0 Å². The lowest BCUT2D eigenvalue weighted by Crippen LogP contribution is -3.00. The molecule has 1 fully saturated rings. The highest BCUT2D eigenvalue weighted by Crippen LogP contribution is 2.10. The maximum absolute atomic E-state index is 9.43. The van der Waals surface area contributed by atoms with Crippen LogP contribution in [0.4, 0.5) is 0 Å². The summed E-state index contributed by atoms with van der Waals surface area (Å²) in [5, 5.41) is 11.8. The van der Waals surface area contributed by atoms with Gasteiger partial charge in [-0.3, -0.25) is 0 Å². The maximum atomic E-state index is 9.43. The molecule has 0 bridgehead atoms. The molecule has 0 spiro atoms. The molecule has 2 nitrogen and oxygen atoms in total. The predicted molar refractivity (Wildman–Crippen MR) is 45.3 cm³/mol. The van der Waals surface area contributed by atoms with Crippen molar-refractivity contribution in [2.45, 2.75) is 57.7 Å². The summed E-state index contributed by atoms with van der Waals surface area (Å²) < 4.78 is 0. The van der Waals surface area contributed by atoms with Gasteiger partial charge in [0, 0.05) is 6.42 Å². The first-order valence-electron chi connectivity index (χ1n) is 4.77. The summed E-state index contributed by atoms with van der Waals surface area (Å²) >= 11 is 0. The Morgan fingerprint density at radius 2 is 2.08 bits per heavy atom. The SMILES string of the molecule is CCC[C@@H]1CC[C@H](O)[C@H](C)[NH2+]1.[Cl-]. The molecular formula is C9H20ClNO. The number of halogens is 1. The van der Waals surface area contributed by atoms with E-state index in [0.29, 0.717) is 6.04 Å². The number of quaternary nitrogens is 1. The van der Waals surface area contributed by atoms with Crippen LogP contribution in [0.5, 0.6) is 0 Å². The number of nitrogens with two attached hydrogens (primary N) is 1. The van der Waals surface area contributed by atoms with Gasteiger partial charge in [0.25, 0.3) is 0 Å². The van der Waals surface area contributed by atoms with Crippen LogP contribution >= 0.6 is 0 Å². The van der Waals surface area contributed by atoms with E-state index in [2.05, 4.69) is 19.2 Å². The van der Waals surface area contributed by atoms with Gasteiger partial charge >= 0.3 is 0 Å². The Morgan fingerprint density at radius 1 is 1.42 bits per heavy atom. The molecule has 0 aromatic rings. The number of hydrogen-bond acceptors (Lipinski definition) is 1. The van der Waals surface area contributed by atoms with E-state index < -0.39 is 0 Å². The van der Waals surface area contributed by atoms with Crippen LogP contribution in [0, 0.1) is 0 Å². The van der Waals surface area contributed by atoms with Crippen molar-refractivity contribution < 1.29 is 22.8 Å². The zero-order valence-corrected chi connectivity index (χ0v) is 8.72. The van der Waals surface area contributed by atoms with Gasteiger partial charge in [-0.05, 0) is 19.8 Å². The Bertz CT molecular complexity index is 121. The number of piperidine rings is 1. The summed E-state index contributed by atoms with van der Waals surface area (Å²) in [6, 6.07) is 1.19. The Hall–Kier alpha value is 0.210. The van der Waals surface area contributed by atoms with Crippen molar-refractivity contribution in [1.29, 1.82) is 0 Å².